The molecule has 6 nitrogen and oxygen atoms in total. The third kappa shape index (κ3) is 4.48. The summed E-state index contributed by atoms with van der Waals surface area (Å²) in [4.78, 5) is 24.6. The number of carbonyl (C=O) groups excluding carboxylic acids is 1. The van der Waals surface area contributed by atoms with E-state index in [-0.39, 0.29) is 17.4 Å². The lowest BCUT2D eigenvalue weighted by molar-refractivity contribution is -0.144. The van der Waals surface area contributed by atoms with Gasteiger partial charge in [0.15, 0.2) is 0 Å². The van der Waals surface area contributed by atoms with E-state index >= 15 is 0 Å². The molecule has 30 heavy (non-hydrogen) atoms. The van der Waals surface area contributed by atoms with Gasteiger partial charge in [-0.05, 0) is 30.0 Å². The molecule has 1 aliphatic heterocycles. The van der Waals surface area contributed by atoms with Crippen LogP contribution >= 0.6 is 11.3 Å². The Bertz CT molecular complexity index is 1020. The van der Waals surface area contributed by atoms with Gasteiger partial charge in [0, 0.05) is 36.4 Å². The number of urea groups is 1. The second-order valence-electron chi connectivity index (χ2n) is 6.95. The molecule has 0 saturated carbocycles. The van der Waals surface area contributed by atoms with Crippen LogP contribution in [0.25, 0.3) is 10.9 Å². The summed E-state index contributed by atoms with van der Waals surface area (Å²) in [6.07, 6.45) is -4.00. The fraction of sp³-hybridized carbons (Fsp3) is 0.350. The van der Waals surface area contributed by atoms with Gasteiger partial charge >= 0.3 is 12.2 Å². The number of nitrogens with one attached hydrogen (secondary N) is 1. The zero-order valence-corrected chi connectivity index (χ0v) is 16.8. The molecule has 10 heteroatoms. The van der Waals surface area contributed by atoms with E-state index in [1.807, 2.05) is 22.4 Å². The molecule has 0 atom stereocenters. The van der Waals surface area contributed by atoms with Crippen molar-refractivity contribution in [3.8, 4) is 0 Å². The van der Waals surface area contributed by atoms with Crippen molar-refractivity contribution >= 4 is 34.1 Å². The zero-order valence-electron chi connectivity index (χ0n) is 16.0. The van der Waals surface area contributed by atoms with Crippen molar-refractivity contribution in [1.82, 2.24) is 20.2 Å². The normalized spacial score (nSPS) is 15.3. The molecular formula is C20H20F3N5OS. The third-order valence-electron chi connectivity index (χ3n) is 4.91. The van der Waals surface area contributed by atoms with Gasteiger partial charge < -0.3 is 15.1 Å². The maximum atomic E-state index is 13.3. The minimum absolute atomic E-state index is 0.172. The summed E-state index contributed by atoms with van der Waals surface area (Å²) in [6.45, 7) is 2.29. The monoisotopic (exact) mass is 435 g/mol. The Morgan fingerprint density at radius 2 is 1.90 bits per heavy atom. The van der Waals surface area contributed by atoms with Crippen molar-refractivity contribution in [3.05, 3.63) is 52.5 Å². The number of nitrogens with zero attached hydrogens (tertiary/aromatic N) is 4. The first-order chi connectivity index (χ1) is 14.4. The Morgan fingerprint density at radius 3 is 2.67 bits per heavy atom. The molecule has 0 bridgehead atoms. The van der Waals surface area contributed by atoms with Crippen LogP contribution in [0.5, 0.6) is 0 Å². The molecule has 3 heterocycles. The van der Waals surface area contributed by atoms with Gasteiger partial charge in [-0.25, -0.2) is 14.8 Å². The maximum absolute atomic E-state index is 13.3. The number of benzene rings is 1. The van der Waals surface area contributed by atoms with Crippen LogP contribution in [0.2, 0.25) is 0 Å². The summed E-state index contributed by atoms with van der Waals surface area (Å²) in [5.41, 5.74) is 0.254. The molecule has 1 aromatic carbocycles. The first kappa shape index (κ1) is 20.4. The number of amides is 2. The van der Waals surface area contributed by atoms with Crippen molar-refractivity contribution in [1.29, 1.82) is 0 Å². The molecule has 0 spiro atoms. The number of thiophene rings is 1. The third-order valence-corrected chi connectivity index (χ3v) is 5.79. The van der Waals surface area contributed by atoms with Crippen LogP contribution in [0, 0.1) is 0 Å². The molecule has 2 aromatic heterocycles. The quantitative estimate of drug-likeness (QED) is 0.672. The van der Waals surface area contributed by atoms with Crippen molar-refractivity contribution in [3.63, 3.8) is 0 Å². The maximum Gasteiger partial charge on any atom is 0.451 e. The second-order valence-corrected chi connectivity index (χ2v) is 7.98. The number of anilines is 1. The van der Waals surface area contributed by atoms with Crippen molar-refractivity contribution in [2.24, 2.45) is 0 Å². The van der Waals surface area contributed by atoms with Gasteiger partial charge in [-0.3, -0.25) is 0 Å². The number of fused-ring (bicyclic) bond motifs is 1. The highest BCUT2D eigenvalue weighted by Crippen LogP contribution is 2.32. The van der Waals surface area contributed by atoms with E-state index in [0.717, 1.165) is 4.88 Å². The molecule has 0 unspecified atom stereocenters. The predicted molar refractivity (Wildman–Crippen MR) is 109 cm³/mol. The molecular weight excluding hydrogens is 415 g/mol. The highest BCUT2D eigenvalue weighted by molar-refractivity contribution is 7.09. The summed E-state index contributed by atoms with van der Waals surface area (Å²) in [5, 5.41) is 5.42. The predicted octanol–water partition coefficient (Wildman–Crippen LogP) is 4.13. The molecule has 4 rings (SSSR count). The van der Waals surface area contributed by atoms with E-state index in [2.05, 4.69) is 15.3 Å². The second kappa shape index (κ2) is 8.47. The zero-order chi connectivity index (χ0) is 21.1. The first-order valence-electron chi connectivity index (χ1n) is 9.56. The van der Waals surface area contributed by atoms with E-state index in [0.29, 0.717) is 44.5 Å². The number of carbonyl (C=O) groups is 1. The van der Waals surface area contributed by atoms with Gasteiger partial charge in [-0.1, -0.05) is 18.2 Å². The van der Waals surface area contributed by atoms with Crippen LogP contribution in [0.15, 0.2) is 41.8 Å². The number of halogens is 3. The average molecular weight is 435 g/mol. The van der Waals surface area contributed by atoms with Gasteiger partial charge in [0.05, 0.1) is 12.1 Å². The summed E-state index contributed by atoms with van der Waals surface area (Å²) >= 11 is 1.57. The number of para-hydroxylation sites is 1. The molecule has 0 radical (unpaired) electrons. The number of rotatable bonds is 3. The molecule has 1 N–H and O–H groups in total. The Morgan fingerprint density at radius 1 is 1.07 bits per heavy atom. The summed E-state index contributed by atoms with van der Waals surface area (Å²) in [7, 11) is 0. The number of hydrogen-bond acceptors (Lipinski definition) is 5. The first-order valence-corrected chi connectivity index (χ1v) is 10.4. The Hall–Kier alpha value is -2.88. The SMILES string of the molecule is O=C(NCc1cccs1)N1CCCN(c2nc(C(F)(F)F)nc3ccccc23)CC1. The molecule has 158 valence electrons. The van der Waals surface area contributed by atoms with Crippen LogP contribution < -0.4 is 10.2 Å². The molecule has 0 aliphatic carbocycles. The smallest absolute Gasteiger partial charge is 0.354 e. The lowest BCUT2D eigenvalue weighted by Crippen LogP contribution is -2.41. The molecule has 2 amide bonds. The average Bonchev–Trinajstić information content (AvgIpc) is 3.13. The Kier molecular flexibility index (Phi) is 5.76. The van der Waals surface area contributed by atoms with E-state index < -0.39 is 12.0 Å². The van der Waals surface area contributed by atoms with Gasteiger partial charge in [-0.15, -0.1) is 11.3 Å². The van der Waals surface area contributed by atoms with Gasteiger partial charge in [0.25, 0.3) is 0 Å². The van der Waals surface area contributed by atoms with E-state index in [1.165, 1.54) is 0 Å². The topological polar surface area (TPSA) is 61.4 Å². The number of alkyl halides is 3. The van der Waals surface area contributed by atoms with E-state index in [4.69, 9.17) is 0 Å². The minimum Gasteiger partial charge on any atom is -0.354 e. The fourth-order valence-electron chi connectivity index (χ4n) is 3.45. The van der Waals surface area contributed by atoms with Gasteiger partial charge in [0.1, 0.15) is 5.82 Å². The molecule has 1 saturated heterocycles. The summed E-state index contributed by atoms with van der Waals surface area (Å²) < 4.78 is 39.9. The van der Waals surface area contributed by atoms with Crippen LogP contribution in [0.4, 0.5) is 23.8 Å². The largest absolute Gasteiger partial charge is 0.451 e. The highest BCUT2D eigenvalue weighted by atomic mass is 32.1. The molecule has 3 aromatic rings. The van der Waals surface area contributed by atoms with E-state index in [1.54, 1.807) is 40.5 Å². The highest BCUT2D eigenvalue weighted by Gasteiger charge is 2.36. The summed E-state index contributed by atoms with van der Waals surface area (Å²) in [5.74, 6) is -0.889. The number of hydrogen-bond donors (Lipinski definition) is 1. The van der Waals surface area contributed by atoms with Crippen molar-refractivity contribution in [2.45, 2.75) is 19.1 Å². The molecule has 1 aliphatic rings. The van der Waals surface area contributed by atoms with E-state index in [9.17, 15) is 18.0 Å². The minimum atomic E-state index is -4.63. The van der Waals surface area contributed by atoms with Gasteiger partial charge in [-0.2, -0.15) is 13.2 Å². The lowest BCUT2D eigenvalue weighted by atomic mass is 10.2. The standard InChI is InChI=1S/C20H20F3N5OS/c21-20(22,23)18-25-16-7-2-1-6-15(16)17(26-18)27-8-4-9-28(11-10-27)19(29)24-13-14-5-3-12-30-14/h1-3,5-7,12H,4,8-11,13H2,(H,24,29). The van der Waals surface area contributed by atoms with Crippen LogP contribution in [-0.4, -0.2) is 47.1 Å². The number of aromatic nitrogens is 2. The Labute approximate surface area is 175 Å². The summed E-state index contributed by atoms with van der Waals surface area (Å²) in [6, 6.07) is 10.4. The lowest BCUT2D eigenvalue weighted by Gasteiger charge is -2.24. The van der Waals surface area contributed by atoms with Crippen molar-refractivity contribution in [2.75, 3.05) is 31.1 Å². The van der Waals surface area contributed by atoms with Crippen LogP contribution in [-0.2, 0) is 12.7 Å². The molecule has 1 fully saturated rings. The van der Waals surface area contributed by atoms with Gasteiger partial charge in [0.2, 0.25) is 5.82 Å². The fourth-order valence-corrected chi connectivity index (χ4v) is 4.09. The Balaban J connectivity index is 1.51. The van der Waals surface area contributed by atoms with Crippen LogP contribution in [0.1, 0.15) is 17.1 Å². The van der Waals surface area contributed by atoms with Crippen LogP contribution in [0.3, 0.4) is 0 Å². The van der Waals surface area contributed by atoms with Crippen molar-refractivity contribution < 1.29 is 18.0 Å².